The summed E-state index contributed by atoms with van der Waals surface area (Å²) in [7, 11) is 0. The molecule has 2 nitrogen and oxygen atoms in total. The molecule has 1 atom stereocenters. The van der Waals surface area contributed by atoms with E-state index in [0.717, 1.165) is 27.6 Å². The average molecular weight is 308 g/mol. The summed E-state index contributed by atoms with van der Waals surface area (Å²) in [5.74, 6) is 0. The summed E-state index contributed by atoms with van der Waals surface area (Å²) >= 11 is 6.72. The van der Waals surface area contributed by atoms with Gasteiger partial charge in [-0.25, -0.2) is 4.98 Å². The number of aromatic nitrogens is 1. The van der Waals surface area contributed by atoms with Crippen molar-refractivity contribution in [2.75, 3.05) is 0 Å². The van der Waals surface area contributed by atoms with Gasteiger partial charge in [0.2, 0.25) is 0 Å². The Kier molecular flexibility index (Phi) is 4.35. The minimum absolute atomic E-state index is 0.0504. The maximum absolute atomic E-state index is 5.93. The van der Waals surface area contributed by atoms with E-state index in [1.165, 1.54) is 0 Å². The number of nitrogens with zero attached hydrogens (tertiary/aromatic N) is 1. The van der Waals surface area contributed by atoms with Gasteiger partial charge in [-0.3, -0.25) is 0 Å². The Hall–Kier alpha value is 0.0700. The van der Waals surface area contributed by atoms with Crippen molar-refractivity contribution in [3.8, 4) is 0 Å². The number of rotatable bonds is 3. The van der Waals surface area contributed by atoms with Crippen LogP contribution in [0, 0.1) is 0 Å². The minimum Gasteiger partial charge on any atom is -0.323 e. The first-order chi connectivity index (χ1) is 6.15. The van der Waals surface area contributed by atoms with Crippen LogP contribution in [0.15, 0.2) is 21.2 Å². The van der Waals surface area contributed by atoms with Crippen LogP contribution in [-0.2, 0) is 0 Å². The highest BCUT2D eigenvalue weighted by molar-refractivity contribution is 9.13. The van der Waals surface area contributed by atoms with Gasteiger partial charge in [-0.05, 0) is 50.4 Å². The molecule has 0 fully saturated rings. The Bertz CT molecular complexity index is 289. The molecule has 1 aromatic rings. The number of pyridine rings is 1. The van der Waals surface area contributed by atoms with Crippen LogP contribution in [-0.4, -0.2) is 4.98 Å². The average Bonchev–Trinajstić information content (AvgIpc) is 2.10. The van der Waals surface area contributed by atoms with E-state index in [4.69, 9.17) is 5.73 Å². The standard InChI is InChI=1S/C9H12Br2N2/c1-2-3-7(12)8-5-4-6(10)9(11)13-8/h4-5,7H,2-3,12H2,1H3/t7-/m1/s1. The van der Waals surface area contributed by atoms with Gasteiger partial charge in [-0.15, -0.1) is 0 Å². The highest BCUT2D eigenvalue weighted by Gasteiger charge is 2.07. The summed E-state index contributed by atoms with van der Waals surface area (Å²) in [6, 6.07) is 3.96. The molecule has 13 heavy (non-hydrogen) atoms. The largest absolute Gasteiger partial charge is 0.323 e. The Balaban J connectivity index is 2.84. The van der Waals surface area contributed by atoms with Gasteiger partial charge in [0, 0.05) is 6.04 Å². The molecular weight excluding hydrogens is 296 g/mol. The van der Waals surface area contributed by atoms with E-state index in [0.29, 0.717) is 0 Å². The fourth-order valence-corrected chi connectivity index (χ4v) is 1.65. The maximum Gasteiger partial charge on any atom is 0.120 e. The minimum atomic E-state index is 0.0504. The van der Waals surface area contributed by atoms with E-state index in [9.17, 15) is 0 Å². The van der Waals surface area contributed by atoms with Crippen molar-refractivity contribution in [1.82, 2.24) is 4.98 Å². The number of hydrogen-bond donors (Lipinski definition) is 1. The van der Waals surface area contributed by atoms with Crippen LogP contribution in [0.3, 0.4) is 0 Å². The van der Waals surface area contributed by atoms with E-state index >= 15 is 0 Å². The third-order valence-electron chi connectivity index (χ3n) is 1.80. The second kappa shape index (κ2) is 5.08. The third-order valence-corrected chi connectivity index (χ3v) is 3.58. The predicted molar refractivity (Wildman–Crippen MR) is 61.5 cm³/mol. The summed E-state index contributed by atoms with van der Waals surface area (Å²) in [5, 5.41) is 0. The fraction of sp³-hybridized carbons (Fsp3) is 0.444. The second-order valence-electron chi connectivity index (χ2n) is 2.90. The van der Waals surface area contributed by atoms with Gasteiger partial charge in [-0.2, -0.15) is 0 Å². The van der Waals surface area contributed by atoms with Crippen LogP contribution in [0.5, 0.6) is 0 Å². The van der Waals surface area contributed by atoms with Gasteiger partial charge in [-0.1, -0.05) is 13.3 Å². The van der Waals surface area contributed by atoms with Gasteiger partial charge >= 0.3 is 0 Å². The van der Waals surface area contributed by atoms with Crippen LogP contribution in [0.1, 0.15) is 31.5 Å². The van der Waals surface area contributed by atoms with Crippen molar-refractivity contribution in [1.29, 1.82) is 0 Å². The van der Waals surface area contributed by atoms with Crippen molar-refractivity contribution >= 4 is 31.9 Å². The molecule has 4 heteroatoms. The summed E-state index contributed by atoms with van der Waals surface area (Å²) in [5.41, 5.74) is 6.87. The van der Waals surface area contributed by atoms with Gasteiger partial charge in [0.25, 0.3) is 0 Å². The molecule has 0 saturated carbocycles. The number of hydrogen-bond acceptors (Lipinski definition) is 2. The Morgan fingerprint density at radius 3 is 2.69 bits per heavy atom. The Labute approximate surface area is 95.2 Å². The van der Waals surface area contributed by atoms with Crippen LogP contribution in [0.4, 0.5) is 0 Å². The monoisotopic (exact) mass is 306 g/mol. The zero-order valence-electron chi connectivity index (χ0n) is 7.43. The molecule has 0 bridgehead atoms. The number of halogens is 2. The summed E-state index contributed by atoms with van der Waals surface area (Å²) in [4.78, 5) is 4.34. The molecule has 0 aromatic carbocycles. The molecule has 0 unspecified atom stereocenters. The molecule has 0 radical (unpaired) electrons. The molecule has 0 amide bonds. The summed E-state index contributed by atoms with van der Waals surface area (Å²) in [6.45, 7) is 2.12. The van der Waals surface area contributed by atoms with E-state index in [1.807, 2.05) is 12.1 Å². The van der Waals surface area contributed by atoms with Gasteiger partial charge in [0.1, 0.15) is 4.60 Å². The molecule has 72 valence electrons. The fourth-order valence-electron chi connectivity index (χ4n) is 1.10. The van der Waals surface area contributed by atoms with E-state index in [1.54, 1.807) is 0 Å². The molecular formula is C9H12Br2N2. The predicted octanol–water partition coefficient (Wildman–Crippen LogP) is 3.41. The summed E-state index contributed by atoms with van der Waals surface area (Å²) < 4.78 is 1.77. The van der Waals surface area contributed by atoms with E-state index in [-0.39, 0.29) is 6.04 Å². The second-order valence-corrected chi connectivity index (χ2v) is 4.51. The van der Waals surface area contributed by atoms with Crippen molar-refractivity contribution in [2.24, 2.45) is 5.73 Å². The van der Waals surface area contributed by atoms with Gasteiger partial charge < -0.3 is 5.73 Å². The van der Waals surface area contributed by atoms with E-state index < -0.39 is 0 Å². The van der Waals surface area contributed by atoms with Gasteiger partial charge in [0.05, 0.1) is 10.2 Å². The Morgan fingerprint density at radius 1 is 1.46 bits per heavy atom. The maximum atomic E-state index is 5.93. The van der Waals surface area contributed by atoms with Crippen LogP contribution < -0.4 is 5.73 Å². The normalized spacial score (nSPS) is 12.9. The van der Waals surface area contributed by atoms with Gasteiger partial charge in [0.15, 0.2) is 0 Å². The first kappa shape index (κ1) is 11.1. The molecule has 2 N–H and O–H groups in total. The highest BCUT2D eigenvalue weighted by atomic mass is 79.9. The lowest BCUT2D eigenvalue weighted by atomic mass is 10.1. The summed E-state index contributed by atoms with van der Waals surface area (Å²) in [6.07, 6.45) is 2.05. The Morgan fingerprint density at radius 2 is 2.15 bits per heavy atom. The van der Waals surface area contributed by atoms with Crippen molar-refractivity contribution in [3.63, 3.8) is 0 Å². The first-order valence-electron chi connectivity index (χ1n) is 4.22. The third kappa shape index (κ3) is 3.04. The SMILES string of the molecule is CCC[C@@H](N)c1ccc(Br)c(Br)n1. The van der Waals surface area contributed by atoms with Crippen molar-refractivity contribution in [3.05, 3.63) is 26.9 Å². The van der Waals surface area contributed by atoms with Crippen LogP contribution in [0.25, 0.3) is 0 Å². The zero-order valence-corrected chi connectivity index (χ0v) is 10.6. The lowest BCUT2D eigenvalue weighted by Crippen LogP contribution is -2.11. The lowest BCUT2D eigenvalue weighted by molar-refractivity contribution is 0.620. The molecule has 0 saturated heterocycles. The molecule has 0 aliphatic carbocycles. The molecule has 1 heterocycles. The van der Waals surface area contributed by atoms with Crippen LogP contribution in [0.2, 0.25) is 0 Å². The zero-order chi connectivity index (χ0) is 9.84. The number of nitrogens with two attached hydrogens (primary N) is 1. The molecule has 1 rings (SSSR count). The first-order valence-corrected chi connectivity index (χ1v) is 5.81. The topological polar surface area (TPSA) is 38.9 Å². The molecule has 0 spiro atoms. The van der Waals surface area contributed by atoms with Crippen LogP contribution >= 0.6 is 31.9 Å². The molecule has 0 aliphatic rings. The van der Waals surface area contributed by atoms with Crippen molar-refractivity contribution < 1.29 is 0 Å². The molecule has 0 aliphatic heterocycles. The highest BCUT2D eigenvalue weighted by Crippen LogP contribution is 2.23. The lowest BCUT2D eigenvalue weighted by Gasteiger charge is -2.09. The quantitative estimate of drug-likeness (QED) is 0.869. The van der Waals surface area contributed by atoms with Crippen molar-refractivity contribution in [2.45, 2.75) is 25.8 Å². The smallest absolute Gasteiger partial charge is 0.120 e. The van der Waals surface area contributed by atoms with E-state index in [2.05, 4.69) is 43.8 Å². The molecule has 1 aromatic heterocycles.